The van der Waals surface area contributed by atoms with Gasteiger partial charge in [-0.1, -0.05) is 35.9 Å². The lowest BCUT2D eigenvalue weighted by Crippen LogP contribution is -2.24. The number of hydrogen-bond donors (Lipinski definition) is 1. The zero-order valence-electron chi connectivity index (χ0n) is 14.2. The predicted molar refractivity (Wildman–Crippen MR) is 95.4 cm³/mol. The van der Waals surface area contributed by atoms with Crippen LogP contribution >= 0.6 is 0 Å². The maximum Gasteiger partial charge on any atom is 0.338 e. The third kappa shape index (κ3) is 4.07. The molecule has 1 N–H and O–H groups in total. The number of ether oxygens (including phenoxy) is 2. The van der Waals surface area contributed by atoms with E-state index in [1.165, 1.54) is 0 Å². The highest BCUT2D eigenvalue weighted by Crippen LogP contribution is 2.26. The number of para-hydroxylation sites is 1. The quantitative estimate of drug-likeness (QED) is 0.870. The van der Waals surface area contributed by atoms with E-state index in [1.807, 2.05) is 56.3 Å². The van der Waals surface area contributed by atoms with E-state index in [9.17, 15) is 9.59 Å². The second-order valence-electron chi connectivity index (χ2n) is 5.94. The molecule has 0 atom stereocenters. The first-order chi connectivity index (χ1) is 12.0. The average molecular weight is 337 g/mol. The summed E-state index contributed by atoms with van der Waals surface area (Å²) in [6.07, 6.45) is 1.73. The number of amides is 1. The molecule has 0 spiro atoms. The summed E-state index contributed by atoms with van der Waals surface area (Å²) in [5.41, 5.74) is 3.99. The molecule has 0 aliphatic carbocycles. The standard InChI is InChI=1S/C20H19NO4/c1-13-7-8-17(14(2)9-13)21-19(22)12-25-20(23)16-10-15-5-3-4-6-18(15)24-11-16/h3-10H,11-12H2,1-2H3,(H,21,22). The van der Waals surface area contributed by atoms with Crippen LogP contribution in [-0.2, 0) is 14.3 Å². The van der Waals surface area contributed by atoms with Crippen molar-refractivity contribution < 1.29 is 19.1 Å². The van der Waals surface area contributed by atoms with E-state index in [4.69, 9.17) is 9.47 Å². The first-order valence-corrected chi connectivity index (χ1v) is 7.99. The summed E-state index contributed by atoms with van der Waals surface area (Å²) >= 11 is 0. The monoisotopic (exact) mass is 337 g/mol. The summed E-state index contributed by atoms with van der Waals surface area (Å²) in [4.78, 5) is 24.1. The Kier molecular flexibility index (Phi) is 4.84. The minimum absolute atomic E-state index is 0.133. The first-order valence-electron chi connectivity index (χ1n) is 7.99. The Labute approximate surface area is 146 Å². The number of aryl methyl sites for hydroxylation is 2. The van der Waals surface area contributed by atoms with Crippen LogP contribution in [0.25, 0.3) is 6.08 Å². The maximum absolute atomic E-state index is 12.1. The topological polar surface area (TPSA) is 64.6 Å². The van der Waals surface area contributed by atoms with Crippen molar-refractivity contribution in [3.63, 3.8) is 0 Å². The maximum atomic E-state index is 12.1. The van der Waals surface area contributed by atoms with Crippen LogP contribution in [-0.4, -0.2) is 25.1 Å². The van der Waals surface area contributed by atoms with Crippen molar-refractivity contribution in [3.05, 3.63) is 64.7 Å². The molecule has 25 heavy (non-hydrogen) atoms. The number of hydrogen-bond acceptors (Lipinski definition) is 4. The first kappa shape index (κ1) is 16.8. The lowest BCUT2D eigenvalue weighted by molar-refractivity contribution is -0.143. The van der Waals surface area contributed by atoms with Crippen molar-refractivity contribution in [2.45, 2.75) is 13.8 Å². The summed E-state index contributed by atoms with van der Waals surface area (Å²) in [7, 11) is 0. The van der Waals surface area contributed by atoms with Crippen molar-refractivity contribution in [3.8, 4) is 5.75 Å². The van der Waals surface area contributed by atoms with Gasteiger partial charge in [0.1, 0.15) is 12.4 Å². The molecular formula is C20H19NO4. The van der Waals surface area contributed by atoms with E-state index in [0.29, 0.717) is 11.3 Å². The van der Waals surface area contributed by atoms with Gasteiger partial charge in [-0.2, -0.15) is 0 Å². The molecule has 1 amide bonds. The van der Waals surface area contributed by atoms with Crippen LogP contribution in [0, 0.1) is 13.8 Å². The lowest BCUT2D eigenvalue weighted by Gasteiger charge is -2.17. The van der Waals surface area contributed by atoms with E-state index in [1.54, 1.807) is 6.08 Å². The number of anilines is 1. The zero-order valence-corrected chi connectivity index (χ0v) is 14.2. The molecule has 0 saturated heterocycles. The second kappa shape index (κ2) is 7.21. The molecule has 0 aromatic heterocycles. The van der Waals surface area contributed by atoms with Gasteiger partial charge in [0, 0.05) is 11.3 Å². The van der Waals surface area contributed by atoms with Crippen molar-refractivity contribution in [1.29, 1.82) is 0 Å². The molecule has 0 fully saturated rings. The third-order valence-electron chi connectivity index (χ3n) is 3.88. The molecule has 0 unspecified atom stereocenters. The molecule has 3 rings (SSSR count). The fourth-order valence-corrected chi connectivity index (χ4v) is 2.60. The predicted octanol–water partition coefficient (Wildman–Crippen LogP) is 3.26. The fraction of sp³-hybridized carbons (Fsp3) is 0.200. The van der Waals surface area contributed by atoms with Gasteiger partial charge in [-0.15, -0.1) is 0 Å². The fourth-order valence-electron chi connectivity index (χ4n) is 2.60. The molecule has 0 saturated carbocycles. The number of fused-ring (bicyclic) bond motifs is 1. The van der Waals surface area contributed by atoms with Crippen molar-refractivity contribution in [1.82, 2.24) is 0 Å². The van der Waals surface area contributed by atoms with Gasteiger partial charge in [0.15, 0.2) is 6.61 Å². The van der Waals surface area contributed by atoms with E-state index >= 15 is 0 Å². The van der Waals surface area contributed by atoms with Crippen LogP contribution in [0.2, 0.25) is 0 Å². The van der Waals surface area contributed by atoms with E-state index in [-0.39, 0.29) is 19.1 Å². The van der Waals surface area contributed by atoms with Crippen LogP contribution in [0.1, 0.15) is 16.7 Å². The summed E-state index contributed by atoms with van der Waals surface area (Å²) < 4.78 is 10.6. The number of carbonyl (C=O) groups is 2. The Bertz CT molecular complexity index is 855. The highest BCUT2D eigenvalue weighted by molar-refractivity contribution is 5.98. The number of esters is 1. The van der Waals surface area contributed by atoms with Gasteiger partial charge >= 0.3 is 5.97 Å². The van der Waals surface area contributed by atoms with E-state index < -0.39 is 5.97 Å². The number of carbonyl (C=O) groups excluding carboxylic acids is 2. The Hall–Kier alpha value is -3.08. The van der Waals surface area contributed by atoms with Gasteiger partial charge in [0.05, 0.1) is 5.57 Å². The summed E-state index contributed by atoms with van der Waals surface area (Å²) in [5.74, 6) is -0.199. The van der Waals surface area contributed by atoms with Crippen LogP contribution in [0.15, 0.2) is 48.0 Å². The van der Waals surface area contributed by atoms with E-state index in [2.05, 4.69) is 5.32 Å². The van der Waals surface area contributed by atoms with Gasteiger partial charge in [-0.25, -0.2) is 4.79 Å². The molecule has 128 valence electrons. The van der Waals surface area contributed by atoms with Gasteiger partial charge in [0.25, 0.3) is 5.91 Å². The van der Waals surface area contributed by atoms with Crippen LogP contribution in [0.3, 0.4) is 0 Å². The van der Waals surface area contributed by atoms with Crippen LogP contribution in [0.4, 0.5) is 5.69 Å². The van der Waals surface area contributed by atoms with Gasteiger partial charge in [-0.3, -0.25) is 4.79 Å². The summed E-state index contributed by atoms with van der Waals surface area (Å²) in [6.45, 7) is 3.69. The Morgan fingerprint density at radius 1 is 1.16 bits per heavy atom. The zero-order chi connectivity index (χ0) is 17.8. The Morgan fingerprint density at radius 3 is 2.76 bits per heavy atom. The highest BCUT2D eigenvalue weighted by Gasteiger charge is 2.19. The van der Waals surface area contributed by atoms with Crippen LogP contribution < -0.4 is 10.1 Å². The highest BCUT2D eigenvalue weighted by atomic mass is 16.5. The minimum Gasteiger partial charge on any atom is -0.488 e. The van der Waals surface area contributed by atoms with Crippen molar-refractivity contribution in [2.75, 3.05) is 18.5 Å². The molecule has 1 aliphatic rings. The number of rotatable bonds is 4. The second-order valence-corrected chi connectivity index (χ2v) is 5.94. The molecule has 1 heterocycles. The third-order valence-corrected chi connectivity index (χ3v) is 3.88. The van der Waals surface area contributed by atoms with Gasteiger partial charge in [-0.05, 0) is 37.6 Å². The SMILES string of the molecule is Cc1ccc(NC(=O)COC(=O)C2=Cc3ccccc3OC2)c(C)c1. The van der Waals surface area contributed by atoms with Gasteiger partial charge in [0.2, 0.25) is 0 Å². The molecular weight excluding hydrogens is 318 g/mol. The molecule has 0 radical (unpaired) electrons. The molecule has 2 aromatic rings. The van der Waals surface area contributed by atoms with E-state index in [0.717, 1.165) is 22.4 Å². The number of nitrogens with one attached hydrogen (secondary N) is 1. The minimum atomic E-state index is -0.551. The summed E-state index contributed by atoms with van der Waals surface area (Å²) in [6, 6.07) is 13.1. The molecule has 5 nitrogen and oxygen atoms in total. The van der Waals surface area contributed by atoms with Gasteiger partial charge < -0.3 is 14.8 Å². The summed E-state index contributed by atoms with van der Waals surface area (Å²) in [5, 5.41) is 2.74. The molecule has 0 bridgehead atoms. The smallest absolute Gasteiger partial charge is 0.338 e. The largest absolute Gasteiger partial charge is 0.488 e. The molecule has 2 aromatic carbocycles. The van der Waals surface area contributed by atoms with Crippen molar-refractivity contribution in [2.24, 2.45) is 0 Å². The Balaban J connectivity index is 1.57. The molecule has 1 aliphatic heterocycles. The normalized spacial score (nSPS) is 12.5. The Morgan fingerprint density at radius 2 is 1.96 bits per heavy atom. The lowest BCUT2D eigenvalue weighted by atomic mass is 10.1. The van der Waals surface area contributed by atoms with Crippen LogP contribution in [0.5, 0.6) is 5.75 Å². The number of benzene rings is 2. The average Bonchev–Trinajstić information content (AvgIpc) is 2.61. The van der Waals surface area contributed by atoms with Crippen molar-refractivity contribution >= 4 is 23.6 Å². The molecule has 5 heteroatoms.